The Morgan fingerprint density at radius 3 is 2.19 bits per heavy atom. The molecule has 0 spiro atoms. The highest BCUT2D eigenvalue weighted by atomic mass is 19.4. The molecule has 1 aromatic heterocycles. The summed E-state index contributed by atoms with van der Waals surface area (Å²) in [5.74, 6) is 0.162. The van der Waals surface area contributed by atoms with Gasteiger partial charge in [0.1, 0.15) is 11.6 Å². The fraction of sp³-hybridized carbons (Fsp3) is 0.389. The Morgan fingerprint density at radius 1 is 1.00 bits per heavy atom. The van der Waals surface area contributed by atoms with Gasteiger partial charge in [0.2, 0.25) is 0 Å². The fourth-order valence-corrected chi connectivity index (χ4v) is 2.94. The Hall–Kier alpha value is -2.19. The largest absolute Gasteiger partial charge is 0.417 e. The van der Waals surface area contributed by atoms with Crippen LogP contribution in [0.5, 0.6) is 0 Å². The molecule has 1 aromatic carbocycles. The molecule has 0 saturated carbocycles. The van der Waals surface area contributed by atoms with Crippen molar-refractivity contribution in [2.45, 2.75) is 12.3 Å². The van der Waals surface area contributed by atoms with Gasteiger partial charge in [0.05, 0.1) is 11.7 Å². The first-order valence-electron chi connectivity index (χ1n) is 8.27. The van der Waals surface area contributed by atoms with Crippen molar-refractivity contribution in [3.05, 3.63) is 59.5 Å². The van der Waals surface area contributed by atoms with E-state index in [1.54, 1.807) is 12.1 Å². The molecule has 8 heteroatoms. The van der Waals surface area contributed by atoms with Crippen molar-refractivity contribution in [2.24, 2.45) is 0 Å². The molecule has 0 bridgehead atoms. The van der Waals surface area contributed by atoms with E-state index in [2.05, 4.69) is 9.88 Å². The average molecular weight is 369 g/mol. The lowest BCUT2D eigenvalue weighted by atomic mass is 10.1. The molecule has 1 aliphatic heterocycles. The van der Waals surface area contributed by atoms with E-state index in [1.807, 2.05) is 4.90 Å². The molecule has 140 valence electrons. The van der Waals surface area contributed by atoms with Crippen molar-refractivity contribution in [2.75, 3.05) is 37.6 Å². The highest BCUT2D eigenvalue weighted by molar-refractivity contribution is 5.40. The average Bonchev–Trinajstić information content (AvgIpc) is 2.62. The first-order chi connectivity index (χ1) is 12.3. The van der Waals surface area contributed by atoms with Gasteiger partial charge in [-0.15, -0.1) is 0 Å². The zero-order valence-electron chi connectivity index (χ0n) is 14.0. The molecule has 1 fully saturated rings. The minimum Gasteiger partial charge on any atom is -0.387 e. The highest BCUT2D eigenvalue weighted by Crippen LogP contribution is 2.29. The summed E-state index contributed by atoms with van der Waals surface area (Å²) in [6.07, 6.45) is -4.26. The number of hydrogen-bond donors (Lipinski definition) is 1. The Balaban J connectivity index is 1.53. The highest BCUT2D eigenvalue weighted by Gasteiger charge is 2.31. The first-order valence-corrected chi connectivity index (χ1v) is 8.27. The smallest absolute Gasteiger partial charge is 0.387 e. The maximum Gasteiger partial charge on any atom is 0.417 e. The monoisotopic (exact) mass is 369 g/mol. The van der Waals surface area contributed by atoms with Crippen LogP contribution in [0.1, 0.15) is 17.2 Å². The number of nitrogens with zero attached hydrogens (tertiary/aromatic N) is 3. The van der Waals surface area contributed by atoms with Crippen LogP contribution in [0.25, 0.3) is 0 Å². The molecular formula is C18H19F4N3O. The lowest BCUT2D eigenvalue weighted by molar-refractivity contribution is -0.137. The van der Waals surface area contributed by atoms with Gasteiger partial charge in [0.25, 0.3) is 0 Å². The Kier molecular flexibility index (Phi) is 5.43. The van der Waals surface area contributed by atoms with Crippen molar-refractivity contribution in [1.82, 2.24) is 9.88 Å². The molecular weight excluding hydrogens is 350 g/mol. The molecule has 1 aliphatic rings. The summed E-state index contributed by atoms with van der Waals surface area (Å²) < 4.78 is 50.7. The van der Waals surface area contributed by atoms with E-state index in [-0.39, 0.29) is 5.82 Å². The van der Waals surface area contributed by atoms with Gasteiger partial charge in [-0.1, -0.05) is 12.1 Å². The third kappa shape index (κ3) is 4.50. The number of β-amino-alcohol motifs (C(OH)–C–C–N with tert-alkyl or cyclic N) is 1. The second-order valence-corrected chi connectivity index (χ2v) is 6.26. The number of aromatic nitrogens is 1. The lowest BCUT2D eigenvalue weighted by Gasteiger charge is -2.36. The number of aliphatic hydroxyl groups is 1. The topological polar surface area (TPSA) is 39.6 Å². The molecule has 0 aliphatic carbocycles. The normalized spacial score (nSPS) is 17.3. The van der Waals surface area contributed by atoms with Gasteiger partial charge in [-0.05, 0) is 29.8 Å². The predicted molar refractivity (Wildman–Crippen MR) is 89.3 cm³/mol. The van der Waals surface area contributed by atoms with Crippen LogP contribution in [0.4, 0.5) is 23.4 Å². The van der Waals surface area contributed by atoms with Gasteiger partial charge >= 0.3 is 6.18 Å². The van der Waals surface area contributed by atoms with Crippen LogP contribution in [-0.2, 0) is 6.18 Å². The summed E-state index contributed by atoms with van der Waals surface area (Å²) in [7, 11) is 0. The molecule has 1 saturated heterocycles. The Morgan fingerprint density at radius 2 is 1.65 bits per heavy atom. The summed E-state index contributed by atoms with van der Waals surface area (Å²) in [5, 5.41) is 10.3. The van der Waals surface area contributed by atoms with Crippen LogP contribution in [0, 0.1) is 5.82 Å². The summed E-state index contributed by atoms with van der Waals surface area (Å²) >= 11 is 0. The van der Waals surface area contributed by atoms with E-state index in [0.29, 0.717) is 44.1 Å². The SMILES string of the molecule is O[C@H](CN1CCN(c2ccc(C(F)(F)F)cn2)CC1)c1ccc(F)cc1. The van der Waals surface area contributed by atoms with Gasteiger partial charge in [-0.3, -0.25) is 4.90 Å². The van der Waals surface area contributed by atoms with Crippen LogP contribution in [0.2, 0.25) is 0 Å². The standard InChI is InChI=1S/C18H19F4N3O/c19-15-4-1-13(2-5-15)16(26)12-24-7-9-25(10-8-24)17-6-3-14(11-23-17)18(20,21)22/h1-6,11,16,26H,7-10,12H2/t16-/m1/s1. The van der Waals surface area contributed by atoms with Crippen molar-refractivity contribution in [3.63, 3.8) is 0 Å². The van der Waals surface area contributed by atoms with Gasteiger partial charge in [-0.2, -0.15) is 13.2 Å². The van der Waals surface area contributed by atoms with E-state index in [1.165, 1.54) is 18.2 Å². The molecule has 0 unspecified atom stereocenters. The minimum absolute atomic E-state index is 0.349. The lowest BCUT2D eigenvalue weighted by Crippen LogP contribution is -2.47. The predicted octanol–water partition coefficient (Wildman–Crippen LogP) is 3.10. The van der Waals surface area contributed by atoms with Crippen LogP contribution < -0.4 is 4.90 Å². The van der Waals surface area contributed by atoms with Crippen LogP contribution >= 0.6 is 0 Å². The number of aliphatic hydroxyl groups excluding tert-OH is 1. The molecule has 26 heavy (non-hydrogen) atoms. The number of alkyl halides is 3. The fourth-order valence-electron chi connectivity index (χ4n) is 2.94. The quantitative estimate of drug-likeness (QED) is 0.841. The third-order valence-electron chi connectivity index (χ3n) is 4.46. The van der Waals surface area contributed by atoms with E-state index in [4.69, 9.17) is 0 Å². The van der Waals surface area contributed by atoms with Gasteiger partial charge in [0.15, 0.2) is 0 Å². The second kappa shape index (κ2) is 7.59. The van der Waals surface area contributed by atoms with E-state index in [0.717, 1.165) is 12.3 Å². The van der Waals surface area contributed by atoms with Crippen LogP contribution in [0.15, 0.2) is 42.6 Å². The van der Waals surface area contributed by atoms with Gasteiger partial charge < -0.3 is 10.0 Å². The van der Waals surface area contributed by atoms with Crippen molar-refractivity contribution < 1.29 is 22.7 Å². The number of rotatable bonds is 4. The zero-order valence-corrected chi connectivity index (χ0v) is 14.0. The molecule has 1 atom stereocenters. The number of hydrogen-bond acceptors (Lipinski definition) is 4. The number of anilines is 1. The van der Waals surface area contributed by atoms with Gasteiger partial charge in [0, 0.05) is 38.9 Å². The van der Waals surface area contributed by atoms with E-state index < -0.39 is 17.8 Å². The molecule has 0 radical (unpaired) electrons. The number of halogens is 4. The summed E-state index contributed by atoms with van der Waals surface area (Å²) in [4.78, 5) is 7.89. The summed E-state index contributed by atoms with van der Waals surface area (Å²) in [6, 6.07) is 8.16. The second-order valence-electron chi connectivity index (χ2n) is 6.26. The van der Waals surface area contributed by atoms with Crippen LogP contribution in [0.3, 0.4) is 0 Å². The van der Waals surface area contributed by atoms with E-state index >= 15 is 0 Å². The van der Waals surface area contributed by atoms with Crippen molar-refractivity contribution in [3.8, 4) is 0 Å². The molecule has 2 aromatic rings. The van der Waals surface area contributed by atoms with Crippen molar-refractivity contribution in [1.29, 1.82) is 0 Å². The first kappa shape index (κ1) is 18.6. The number of benzene rings is 1. The Labute approximate surface area is 148 Å². The number of piperazine rings is 1. The Bertz CT molecular complexity index is 711. The molecule has 3 rings (SSSR count). The van der Waals surface area contributed by atoms with E-state index in [9.17, 15) is 22.7 Å². The summed E-state index contributed by atoms with van der Waals surface area (Å²) in [6.45, 7) is 2.94. The maximum atomic E-state index is 12.9. The van der Waals surface area contributed by atoms with Crippen LogP contribution in [-0.4, -0.2) is 47.7 Å². The maximum absolute atomic E-state index is 12.9. The molecule has 1 N–H and O–H groups in total. The summed E-state index contributed by atoms with van der Waals surface area (Å²) in [5.41, 5.74) is -0.111. The zero-order chi connectivity index (χ0) is 18.7. The van der Waals surface area contributed by atoms with Crippen molar-refractivity contribution >= 4 is 5.82 Å². The third-order valence-corrected chi connectivity index (χ3v) is 4.46. The molecule has 4 nitrogen and oxygen atoms in total. The molecule has 2 heterocycles. The number of pyridine rings is 1. The molecule has 0 amide bonds. The minimum atomic E-state index is -4.39. The van der Waals surface area contributed by atoms with Gasteiger partial charge in [-0.25, -0.2) is 9.37 Å².